The molecule has 0 radical (unpaired) electrons. The number of rotatable bonds is 3. The second-order valence-corrected chi connectivity index (χ2v) is 8.25. The summed E-state index contributed by atoms with van der Waals surface area (Å²) in [5, 5.41) is 4.95. The fourth-order valence-electron chi connectivity index (χ4n) is 3.57. The summed E-state index contributed by atoms with van der Waals surface area (Å²) < 4.78 is 34.3. The van der Waals surface area contributed by atoms with Crippen LogP contribution in [0.5, 0.6) is 0 Å². The van der Waals surface area contributed by atoms with Gasteiger partial charge in [0.25, 0.3) is 0 Å². The Morgan fingerprint density at radius 1 is 1.22 bits per heavy atom. The number of halogens is 1. The smallest absolute Gasteiger partial charge is 0.399 e. The lowest BCUT2D eigenvalue weighted by atomic mass is 9.78. The predicted molar refractivity (Wildman–Crippen MR) is 99.6 cm³/mol. The summed E-state index contributed by atoms with van der Waals surface area (Å²) in [6.45, 7) is 8.30. The van der Waals surface area contributed by atoms with E-state index < -0.39 is 24.1 Å². The SMILES string of the molecule is CC1(C)OB(c2cc3c(C=O)nn(C4CCCCO4)c3cc2F)OC1(C)C. The van der Waals surface area contributed by atoms with Gasteiger partial charge < -0.3 is 14.0 Å². The molecule has 0 amide bonds. The van der Waals surface area contributed by atoms with Crippen molar-refractivity contribution in [2.45, 2.75) is 64.4 Å². The first-order valence-corrected chi connectivity index (χ1v) is 9.37. The van der Waals surface area contributed by atoms with Crippen molar-refractivity contribution in [1.29, 1.82) is 0 Å². The van der Waals surface area contributed by atoms with Crippen LogP contribution in [-0.4, -0.2) is 41.0 Å². The third-order valence-corrected chi connectivity index (χ3v) is 5.90. The van der Waals surface area contributed by atoms with Gasteiger partial charge in [0, 0.05) is 17.5 Å². The minimum absolute atomic E-state index is 0.261. The Morgan fingerprint density at radius 3 is 2.52 bits per heavy atom. The molecule has 0 N–H and O–H groups in total. The summed E-state index contributed by atoms with van der Waals surface area (Å²) in [7, 11) is -0.840. The molecule has 3 heterocycles. The number of ether oxygens (including phenoxy) is 1. The van der Waals surface area contributed by atoms with Crippen LogP contribution in [0.15, 0.2) is 12.1 Å². The first kappa shape index (κ1) is 18.6. The van der Waals surface area contributed by atoms with Gasteiger partial charge in [-0.2, -0.15) is 5.10 Å². The van der Waals surface area contributed by atoms with Gasteiger partial charge in [-0.3, -0.25) is 4.79 Å². The number of benzene rings is 1. The Balaban J connectivity index is 1.79. The minimum Gasteiger partial charge on any atom is -0.399 e. The summed E-state index contributed by atoms with van der Waals surface area (Å²) >= 11 is 0. The monoisotopic (exact) mass is 374 g/mol. The van der Waals surface area contributed by atoms with Gasteiger partial charge in [0.15, 0.2) is 12.5 Å². The lowest BCUT2D eigenvalue weighted by molar-refractivity contribution is -0.0367. The molecule has 1 aromatic heterocycles. The zero-order valence-electron chi connectivity index (χ0n) is 16.1. The Hall–Kier alpha value is -1.77. The molecule has 6 nitrogen and oxygen atoms in total. The van der Waals surface area contributed by atoms with Gasteiger partial charge >= 0.3 is 7.12 Å². The van der Waals surface area contributed by atoms with E-state index in [2.05, 4.69) is 5.10 Å². The quantitative estimate of drug-likeness (QED) is 0.611. The fraction of sp³-hybridized carbons (Fsp3) is 0.579. The number of hydrogen-bond donors (Lipinski definition) is 0. The molecular formula is C19H24BFN2O4. The summed E-state index contributed by atoms with van der Waals surface area (Å²) in [6, 6.07) is 3.01. The standard InChI is InChI=1S/C19H24BFN2O4/c1-18(2)19(3,4)27-20(26-18)13-9-12-15(11-24)22-23(16(12)10-14(13)21)17-7-5-6-8-25-17/h9-11,17H,5-8H2,1-4H3. The number of aromatic nitrogens is 2. The molecule has 2 saturated heterocycles. The first-order chi connectivity index (χ1) is 12.7. The van der Waals surface area contributed by atoms with Gasteiger partial charge in [-0.05, 0) is 59.1 Å². The lowest BCUT2D eigenvalue weighted by Gasteiger charge is -2.32. The Labute approximate surface area is 158 Å². The maximum Gasteiger partial charge on any atom is 0.497 e. The molecule has 2 aliphatic rings. The maximum atomic E-state index is 15.0. The highest BCUT2D eigenvalue weighted by atomic mass is 19.1. The largest absolute Gasteiger partial charge is 0.497 e. The number of nitrogens with zero attached hydrogens (tertiary/aromatic N) is 2. The predicted octanol–water partition coefficient (Wildman–Crippen LogP) is 2.99. The molecular weight excluding hydrogens is 350 g/mol. The van der Waals surface area contributed by atoms with Crippen LogP contribution in [0.25, 0.3) is 10.9 Å². The summed E-state index contributed by atoms with van der Waals surface area (Å²) in [5.41, 5.74) is -0.0774. The Morgan fingerprint density at radius 2 is 1.93 bits per heavy atom. The number of carbonyl (C=O) groups excluding carboxylic acids is 1. The summed E-state index contributed by atoms with van der Waals surface area (Å²) in [6.07, 6.45) is 3.20. The molecule has 0 bridgehead atoms. The van der Waals surface area contributed by atoms with Gasteiger partial charge in [0.05, 0.1) is 16.7 Å². The molecule has 4 rings (SSSR count). The van der Waals surface area contributed by atoms with Crippen molar-refractivity contribution in [3.8, 4) is 0 Å². The van der Waals surface area contributed by atoms with Crippen LogP contribution in [-0.2, 0) is 14.0 Å². The normalized spacial score (nSPS) is 24.5. The number of carbonyl (C=O) groups is 1. The van der Waals surface area contributed by atoms with E-state index in [4.69, 9.17) is 14.0 Å². The lowest BCUT2D eigenvalue weighted by Crippen LogP contribution is -2.41. The van der Waals surface area contributed by atoms with Gasteiger partial charge in [-0.15, -0.1) is 0 Å². The molecule has 2 aromatic rings. The van der Waals surface area contributed by atoms with Crippen molar-refractivity contribution >= 4 is 29.8 Å². The highest BCUT2D eigenvalue weighted by molar-refractivity contribution is 6.62. The molecule has 1 unspecified atom stereocenters. The van der Waals surface area contributed by atoms with E-state index in [0.29, 0.717) is 23.8 Å². The molecule has 2 fully saturated rings. The zero-order chi connectivity index (χ0) is 19.4. The summed E-state index contributed by atoms with van der Waals surface area (Å²) in [5.74, 6) is -0.449. The van der Waals surface area contributed by atoms with Crippen molar-refractivity contribution in [2.24, 2.45) is 0 Å². The topological polar surface area (TPSA) is 62.6 Å². The molecule has 0 aliphatic carbocycles. The molecule has 27 heavy (non-hydrogen) atoms. The first-order valence-electron chi connectivity index (χ1n) is 9.37. The number of fused-ring (bicyclic) bond motifs is 1. The second kappa shape index (κ2) is 6.39. The molecule has 0 saturated carbocycles. The molecule has 8 heteroatoms. The Kier molecular flexibility index (Phi) is 4.40. The molecule has 2 aliphatic heterocycles. The van der Waals surface area contributed by atoms with Crippen LogP contribution in [0, 0.1) is 5.82 Å². The van der Waals surface area contributed by atoms with E-state index in [9.17, 15) is 4.79 Å². The molecule has 0 spiro atoms. The van der Waals surface area contributed by atoms with Crippen molar-refractivity contribution < 1.29 is 23.2 Å². The van der Waals surface area contributed by atoms with Crippen LogP contribution in [0.3, 0.4) is 0 Å². The molecule has 1 atom stereocenters. The maximum absolute atomic E-state index is 15.0. The minimum atomic E-state index is -0.840. The van der Waals surface area contributed by atoms with Crippen LogP contribution in [0.4, 0.5) is 4.39 Å². The van der Waals surface area contributed by atoms with E-state index in [1.54, 1.807) is 10.7 Å². The van der Waals surface area contributed by atoms with E-state index in [1.807, 2.05) is 27.7 Å². The van der Waals surface area contributed by atoms with Crippen LogP contribution in [0.2, 0.25) is 0 Å². The van der Waals surface area contributed by atoms with E-state index >= 15 is 4.39 Å². The van der Waals surface area contributed by atoms with E-state index in [-0.39, 0.29) is 17.4 Å². The van der Waals surface area contributed by atoms with E-state index in [0.717, 1.165) is 19.3 Å². The fourth-order valence-corrected chi connectivity index (χ4v) is 3.57. The highest BCUT2D eigenvalue weighted by Gasteiger charge is 2.52. The highest BCUT2D eigenvalue weighted by Crippen LogP contribution is 2.37. The third kappa shape index (κ3) is 3.00. The number of hydrogen-bond acceptors (Lipinski definition) is 5. The summed E-state index contributed by atoms with van der Waals surface area (Å²) in [4.78, 5) is 11.6. The van der Waals surface area contributed by atoms with Crippen molar-refractivity contribution in [2.75, 3.05) is 6.61 Å². The van der Waals surface area contributed by atoms with Crippen LogP contribution in [0.1, 0.15) is 63.7 Å². The van der Waals surface area contributed by atoms with Gasteiger partial charge in [-0.25, -0.2) is 9.07 Å². The Bertz CT molecular complexity index is 873. The van der Waals surface area contributed by atoms with Crippen molar-refractivity contribution in [3.05, 3.63) is 23.6 Å². The average molecular weight is 374 g/mol. The average Bonchev–Trinajstić information content (AvgIpc) is 3.08. The van der Waals surface area contributed by atoms with Gasteiger partial charge in [-0.1, -0.05) is 0 Å². The van der Waals surface area contributed by atoms with Gasteiger partial charge in [0.2, 0.25) is 0 Å². The molecule has 144 valence electrons. The zero-order valence-corrected chi connectivity index (χ0v) is 16.1. The second-order valence-electron chi connectivity index (χ2n) is 8.25. The van der Waals surface area contributed by atoms with Crippen molar-refractivity contribution in [1.82, 2.24) is 9.78 Å². The van der Waals surface area contributed by atoms with Gasteiger partial charge in [0.1, 0.15) is 11.5 Å². The molecule has 1 aromatic carbocycles. The number of aldehydes is 1. The van der Waals surface area contributed by atoms with Crippen LogP contribution < -0.4 is 5.46 Å². The van der Waals surface area contributed by atoms with Crippen LogP contribution >= 0.6 is 0 Å². The third-order valence-electron chi connectivity index (χ3n) is 5.90. The van der Waals surface area contributed by atoms with E-state index in [1.165, 1.54) is 6.07 Å². The van der Waals surface area contributed by atoms with Crippen molar-refractivity contribution in [3.63, 3.8) is 0 Å².